The van der Waals surface area contributed by atoms with Crippen molar-refractivity contribution in [1.82, 2.24) is 9.80 Å². The molecule has 0 amide bonds. The number of aliphatic hydroxyl groups excluding tert-OH is 3. The van der Waals surface area contributed by atoms with Crippen LogP contribution >= 0.6 is 0 Å². The van der Waals surface area contributed by atoms with Gasteiger partial charge in [0.2, 0.25) is 0 Å². The third kappa shape index (κ3) is 17.0. The number of unbranched alkanes of at least 4 members (excludes halogenated alkanes) is 8. The minimum Gasteiger partial charge on any atom is -0.395 e. The molecule has 0 radical (unpaired) electrons. The van der Waals surface area contributed by atoms with Crippen LogP contribution in [-0.2, 0) is 0 Å². The van der Waals surface area contributed by atoms with E-state index >= 15 is 0 Å². The molecule has 0 aromatic carbocycles. The summed E-state index contributed by atoms with van der Waals surface area (Å²) in [5.41, 5.74) is 0. The predicted octanol–water partition coefficient (Wildman–Crippen LogP) is 2.49. The zero-order valence-electron chi connectivity index (χ0n) is 16.7. The highest BCUT2D eigenvalue weighted by molar-refractivity contribution is 4.62. The lowest BCUT2D eigenvalue weighted by molar-refractivity contribution is 0.147. The van der Waals surface area contributed by atoms with Crippen molar-refractivity contribution >= 4 is 0 Å². The molecule has 0 unspecified atom stereocenters. The number of aliphatic hydroxyl groups is 3. The van der Waals surface area contributed by atoms with Crippen LogP contribution in [0.15, 0.2) is 0 Å². The van der Waals surface area contributed by atoms with Crippen LogP contribution < -0.4 is 0 Å². The lowest BCUT2D eigenvalue weighted by atomic mass is 10.1. The van der Waals surface area contributed by atoms with Crippen LogP contribution in [-0.4, -0.2) is 84.2 Å². The van der Waals surface area contributed by atoms with E-state index in [-0.39, 0.29) is 19.8 Å². The molecule has 0 aliphatic carbocycles. The second-order valence-electron chi connectivity index (χ2n) is 7.04. The van der Waals surface area contributed by atoms with Gasteiger partial charge in [-0.15, -0.1) is 0 Å². The van der Waals surface area contributed by atoms with Crippen molar-refractivity contribution in [1.29, 1.82) is 0 Å². The zero-order chi connectivity index (χ0) is 18.6. The molecule has 0 aromatic rings. The number of nitrogens with zero attached hydrogens (tertiary/aromatic N) is 2. The SMILES string of the molecule is CCCCCCCCCCCN(CCO)CCCN(CCO)CCO. The molecule has 0 spiro atoms. The van der Waals surface area contributed by atoms with Crippen LogP contribution in [0.5, 0.6) is 0 Å². The average Bonchev–Trinajstić information content (AvgIpc) is 2.60. The summed E-state index contributed by atoms with van der Waals surface area (Å²) in [6.07, 6.45) is 13.1. The first-order valence-electron chi connectivity index (χ1n) is 10.6. The summed E-state index contributed by atoms with van der Waals surface area (Å²) in [6.45, 7) is 7.68. The molecule has 0 aliphatic rings. The third-order valence-electron chi connectivity index (χ3n) is 4.78. The van der Waals surface area contributed by atoms with E-state index in [0.717, 1.165) is 32.6 Å². The van der Waals surface area contributed by atoms with Crippen LogP contribution in [0.3, 0.4) is 0 Å². The second kappa shape index (κ2) is 20.1. The van der Waals surface area contributed by atoms with Crippen molar-refractivity contribution in [2.45, 2.75) is 71.1 Å². The van der Waals surface area contributed by atoms with Crippen molar-refractivity contribution < 1.29 is 15.3 Å². The molecule has 25 heavy (non-hydrogen) atoms. The number of hydrogen-bond donors (Lipinski definition) is 3. The normalized spacial score (nSPS) is 11.8. The van der Waals surface area contributed by atoms with Gasteiger partial charge in [0.1, 0.15) is 0 Å². The van der Waals surface area contributed by atoms with E-state index < -0.39 is 0 Å². The Kier molecular flexibility index (Phi) is 20.0. The molecule has 0 rings (SSSR count). The van der Waals surface area contributed by atoms with Crippen LogP contribution in [0.2, 0.25) is 0 Å². The van der Waals surface area contributed by atoms with Crippen LogP contribution in [0.4, 0.5) is 0 Å². The highest BCUT2D eigenvalue weighted by atomic mass is 16.3. The van der Waals surface area contributed by atoms with Crippen molar-refractivity contribution in [3.63, 3.8) is 0 Å². The maximum Gasteiger partial charge on any atom is 0.0558 e. The minimum absolute atomic E-state index is 0.138. The fraction of sp³-hybridized carbons (Fsp3) is 1.00. The van der Waals surface area contributed by atoms with Gasteiger partial charge in [-0.3, -0.25) is 4.90 Å². The smallest absolute Gasteiger partial charge is 0.0558 e. The topological polar surface area (TPSA) is 67.2 Å². The summed E-state index contributed by atoms with van der Waals surface area (Å²) in [6, 6.07) is 0. The average molecular weight is 361 g/mol. The predicted molar refractivity (Wildman–Crippen MR) is 106 cm³/mol. The zero-order valence-corrected chi connectivity index (χ0v) is 16.7. The fourth-order valence-electron chi connectivity index (χ4n) is 3.26. The van der Waals surface area contributed by atoms with E-state index in [0.29, 0.717) is 13.1 Å². The van der Waals surface area contributed by atoms with Crippen molar-refractivity contribution in [3.8, 4) is 0 Å². The molecule has 0 saturated carbocycles. The fourth-order valence-corrected chi connectivity index (χ4v) is 3.26. The Labute approximate surface area is 156 Å². The van der Waals surface area contributed by atoms with Gasteiger partial charge in [0.15, 0.2) is 0 Å². The Bertz CT molecular complexity index is 249. The molecular formula is C20H44N2O3. The van der Waals surface area contributed by atoms with Crippen molar-refractivity contribution in [3.05, 3.63) is 0 Å². The molecule has 5 nitrogen and oxygen atoms in total. The third-order valence-corrected chi connectivity index (χ3v) is 4.78. The summed E-state index contributed by atoms with van der Waals surface area (Å²) in [5, 5.41) is 27.3. The van der Waals surface area contributed by atoms with Gasteiger partial charge < -0.3 is 20.2 Å². The Hall–Kier alpha value is -0.200. The van der Waals surface area contributed by atoms with Crippen molar-refractivity contribution in [2.75, 3.05) is 59.1 Å². The molecular weight excluding hydrogens is 316 g/mol. The van der Waals surface area contributed by atoms with Gasteiger partial charge in [0, 0.05) is 19.6 Å². The Balaban J connectivity index is 3.69. The Morgan fingerprint density at radius 2 is 0.800 bits per heavy atom. The van der Waals surface area contributed by atoms with Crippen LogP contribution in [0.25, 0.3) is 0 Å². The van der Waals surface area contributed by atoms with E-state index in [2.05, 4.69) is 16.7 Å². The van der Waals surface area contributed by atoms with Gasteiger partial charge in [0.25, 0.3) is 0 Å². The first-order chi connectivity index (χ1) is 12.3. The molecule has 3 N–H and O–H groups in total. The summed E-state index contributed by atoms with van der Waals surface area (Å²) in [7, 11) is 0. The maximum absolute atomic E-state index is 9.24. The quantitative estimate of drug-likeness (QED) is 0.291. The van der Waals surface area contributed by atoms with E-state index in [1.54, 1.807) is 0 Å². The molecule has 152 valence electrons. The standard InChI is InChI=1S/C20H44N2O3/c1-2-3-4-5-6-7-8-9-10-12-21(15-18-23)13-11-14-22(16-19-24)17-20-25/h23-25H,2-20H2,1H3. The van der Waals surface area contributed by atoms with Gasteiger partial charge in [-0.05, 0) is 32.5 Å². The highest BCUT2D eigenvalue weighted by Crippen LogP contribution is 2.10. The summed E-state index contributed by atoms with van der Waals surface area (Å²) >= 11 is 0. The molecule has 0 aromatic heterocycles. The van der Waals surface area contributed by atoms with Crippen molar-refractivity contribution in [2.24, 2.45) is 0 Å². The molecule has 5 heteroatoms. The number of rotatable bonds is 20. The number of hydrogen-bond acceptors (Lipinski definition) is 5. The lowest BCUT2D eigenvalue weighted by Crippen LogP contribution is -2.35. The monoisotopic (exact) mass is 360 g/mol. The second-order valence-corrected chi connectivity index (χ2v) is 7.04. The van der Waals surface area contributed by atoms with Crippen LogP contribution in [0, 0.1) is 0 Å². The first-order valence-corrected chi connectivity index (χ1v) is 10.6. The van der Waals surface area contributed by atoms with E-state index in [9.17, 15) is 5.11 Å². The summed E-state index contributed by atoms with van der Waals surface area (Å²) in [5.74, 6) is 0. The van der Waals surface area contributed by atoms with Gasteiger partial charge in [-0.1, -0.05) is 58.3 Å². The Morgan fingerprint density at radius 1 is 0.440 bits per heavy atom. The molecule has 0 heterocycles. The van der Waals surface area contributed by atoms with Gasteiger partial charge >= 0.3 is 0 Å². The van der Waals surface area contributed by atoms with Gasteiger partial charge in [0.05, 0.1) is 19.8 Å². The summed E-state index contributed by atoms with van der Waals surface area (Å²) < 4.78 is 0. The van der Waals surface area contributed by atoms with E-state index in [1.807, 2.05) is 0 Å². The molecule has 0 bridgehead atoms. The lowest BCUT2D eigenvalue weighted by Gasteiger charge is -2.24. The van der Waals surface area contributed by atoms with Gasteiger partial charge in [-0.2, -0.15) is 0 Å². The summed E-state index contributed by atoms with van der Waals surface area (Å²) in [4.78, 5) is 4.44. The Morgan fingerprint density at radius 3 is 1.24 bits per heavy atom. The van der Waals surface area contributed by atoms with E-state index in [1.165, 1.54) is 57.8 Å². The van der Waals surface area contributed by atoms with E-state index in [4.69, 9.17) is 10.2 Å². The molecule has 0 fully saturated rings. The highest BCUT2D eigenvalue weighted by Gasteiger charge is 2.07. The first kappa shape index (κ1) is 24.8. The molecule has 0 atom stereocenters. The molecule has 0 aliphatic heterocycles. The molecule has 0 saturated heterocycles. The van der Waals surface area contributed by atoms with Gasteiger partial charge in [-0.25, -0.2) is 0 Å². The largest absolute Gasteiger partial charge is 0.395 e. The maximum atomic E-state index is 9.24. The minimum atomic E-state index is 0.138. The van der Waals surface area contributed by atoms with Crippen LogP contribution in [0.1, 0.15) is 71.1 Å².